The summed E-state index contributed by atoms with van der Waals surface area (Å²) in [6, 6.07) is 11.3. The van der Waals surface area contributed by atoms with Gasteiger partial charge in [0.05, 0.1) is 18.8 Å². The largest absolute Gasteiger partial charge is 0.459 e. The maximum atomic E-state index is 12.1. The van der Waals surface area contributed by atoms with Gasteiger partial charge in [-0.15, -0.1) is 0 Å². The summed E-state index contributed by atoms with van der Waals surface area (Å²) in [5, 5.41) is 11.7. The standard InChI is InChI=1S/C27H34O8/c1-5-17(3)26(30)32-15-22(28)14-31-16-25(29)34-24-10-9-19-12-21(8-7-20(19)13-24)27-33-18(4)11-23(6-2)35-27/h7-10,12-13,18,22-23,27-28H,3,5-6,11,14-16H2,1-2,4H3. The lowest BCUT2D eigenvalue weighted by molar-refractivity contribution is -0.243. The maximum absolute atomic E-state index is 12.1. The highest BCUT2D eigenvalue weighted by Crippen LogP contribution is 2.33. The first-order valence-electron chi connectivity index (χ1n) is 11.9. The number of benzene rings is 2. The Morgan fingerprint density at radius 2 is 1.86 bits per heavy atom. The highest BCUT2D eigenvalue weighted by Gasteiger charge is 2.27. The summed E-state index contributed by atoms with van der Waals surface area (Å²) in [7, 11) is 0. The monoisotopic (exact) mass is 486 g/mol. The Hall–Kier alpha value is -2.78. The van der Waals surface area contributed by atoms with Crippen LogP contribution in [0.15, 0.2) is 48.6 Å². The molecule has 2 aromatic carbocycles. The molecule has 190 valence electrons. The SMILES string of the molecule is C=C(CC)C(=O)OCC(O)COCC(=O)Oc1ccc2cc(C3OC(C)CC(CC)O3)ccc2c1. The topological polar surface area (TPSA) is 101 Å². The molecule has 0 spiro atoms. The molecule has 0 bridgehead atoms. The molecular weight excluding hydrogens is 452 g/mol. The van der Waals surface area contributed by atoms with E-state index in [1.54, 1.807) is 19.1 Å². The van der Waals surface area contributed by atoms with E-state index in [4.69, 9.17) is 23.7 Å². The summed E-state index contributed by atoms with van der Waals surface area (Å²) in [5.74, 6) is -0.780. The minimum atomic E-state index is -1.06. The minimum Gasteiger partial charge on any atom is -0.459 e. The van der Waals surface area contributed by atoms with Crippen LogP contribution in [0.5, 0.6) is 5.75 Å². The van der Waals surface area contributed by atoms with Gasteiger partial charge in [-0.1, -0.05) is 38.6 Å². The van der Waals surface area contributed by atoms with Gasteiger partial charge in [-0.25, -0.2) is 9.59 Å². The van der Waals surface area contributed by atoms with Crippen LogP contribution in [0, 0.1) is 0 Å². The van der Waals surface area contributed by atoms with Crippen molar-refractivity contribution < 1.29 is 38.4 Å². The van der Waals surface area contributed by atoms with Gasteiger partial charge in [0.15, 0.2) is 6.29 Å². The van der Waals surface area contributed by atoms with Gasteiger partial charge in [-0.3, -0.25) is 0 Å². The molecule has 1 N–H and O–H groups in total. The fourth-order valence-electron chi connectivity index (χ4n) is 3.68. The molecule has 0 saturated carbocycles. The van der Waals surface area contributed by atoms with Gasteiger partial charge in [0.1, 0.15) is 25.1 Å². The quantitative estimate of drug-likeness (QED) is 0.286. The van der Waals surface area contributed by atoms with Crippen LogP contribution < -0.4 is 4.74 Å². The highest BCUT2D eigenvalue weighted by molar-refractivity contribution is 5.87. The average molecular weight is 487 g/mol. The van der Waals surface area contributed by atoms with Gasteiger partial charge < -0.3 is 28.8 Å². The van der Waals surface area contributed by atoms with Crippen LogP contribution in [0.3, 0.4) is 0 Å². The van der Waals surface area contributed by atoms with Crippen LogP contribution in [0.2, 0.25) is 0 Å². The Morgan fingerprint density at radius 1 is 1.11 bits per heavy atom. The van der Waals surface area contributed by atoms with Gasteiger partial charge >= 0.3 is 11.9 Å². The fraction of sp³-hybridized carbons (Fsp3) is 0.481. The normalized spacial score (nSPS) is 20.9. The van der Waals surface area contributed by atoms with Gasteiger partial charge in [0, 0.05) is 11.1 Å². The molecule has 1 fully saturated rings. The van der Waals surface area contributed by atoms with Crippen molar-refractivity contribution in [2.45, 2.75) is 64.6 Å². The average Bonchev–Trinajstić information content (AvgIpc) is 2.85. The van der Waals surface area contributed by atoms with Gasteiger partial charge in [-0.05, 0) is 55.2 Å². The molecule has 4 atom stereocenters. The molecule has 0 aromatic heterocycles. The molecule has 1 aliphatic heterocycles. The summed E-state index contributed by atoms with van der Waals surface area (Å²) in [6.07, 6.45) is 1.16. The number of carbonyl (C=O) groups excluding carboxylic acids is 2. The smallest absolute Gasteiger partial charge is 0.337 e. The Balaban J connectivity index is 1.48. The lowest BCUT2D eigenvalue weighted by Crippen LogP contribution is -2.31. The van der Waals surface area contributed by atoms with Gasteiger partial charge in [0.25, 0.3) is 0 Å². The van der Waals surface area contributed by atoms with E-state index in [9.17, 15) is 14.7 Å². The molecular formula is C27H34O8. The van der Waals surface area contributed by atoms with Crippen molar-refractivity contribution in [1.82, 2.24) is 0 Å². The zero-order chi connectivity index (χ0) is 25.4. The van der Waals surface area contributed by atoms with Crippen molar-refractivity contribution in [3.8, 4) is 5.75 Å². The van der Waals surface area contributed by atoms with E-state index < -0.39 is 24.3 Å². The summed E-state index contributed by atoms with van der Waals surface area (Å²) in [6.45, 7) is 8.75. The lowest BCUT2D eigenvalue weighted by atomic mass is 10.0. The Kier molecular flexibility index (Phi) is 9.80. The van der Waals surface area contributed by atoms with Crippen molar-refractivity contribution in [3.63, 3.8) is 0 Å². The minimum absolute atomic E-state index is 0.135. The number of esters is 2. The van der Waals surface area contributed by atoms with Gasteiger partial charge in [-0.2, -0.15) is 0 Å². The summed E-state index contributed by atoms with van der Waals surface area (Å²) < 4.78 is 27.5. The third kappa shape index (κ3) is 7.86. The zero-order valence-corrected chi connectivity index (χ0v) is 20.5. The number of rotatable bonds is 11. The fourth-order valence-corrected chi connectivity index (χ4v) is 3.68. The van der Waals surface area contributed by atoms with E-state index in [1.807, 2.05) is 24.3 Å². The number of hydrogen-bond donors (Lipinski definition) is 1. The van der Waals surface area contributed by atoms with Crippen molar-refractivity contribution in [1.29, 1.82) is 0 Å². The molecule has 0 amide bonds. The van der Waals surface area contributed by atoms with Crippen LogP contribution in [0.1, 0.15) is 51.9 Å². The van der Waals surface area contributed by atoms with Crippen molar-refractivity contribution >= 4 is 22.7 Å². The Bertz CT molecular complexity index is 1030. The lowest BCUT2D eigenvalue weighted by Gasteiger charge is -2.34. The predicted octanol–water partition coefficient (Wildman–Crippen LogP) is 4.23. The summed E-state index contributed by atoms with van der Waals surface area (Å²) in [5.41, 5.74) is 1.27. The number of hydrogen-bond acceptors (Lipinski definition) is 8. The number of fused-ring (bicyclic) bond motifs is 1. The third-order valence-electron chi connectivity index (χ3n) is 5.71. The molecule has 1 heterocycles. The maximum Gasteiger partial charge on any atom is 0.337 e. The first-order chi connectivity index (χ1) is 16.8. The molecule has 35 heavy (non-hydrogen) atoms. The van der Waals surface area contributed by atoms with E-state index >= 15 is 0 Å². The van der Waals surface area contributed by atoms with Crippen molar-refractivity contribution in [3.05, 3.63) is 54.1 Å². The zero-order valence-electron chi connectivity index (χ0n) is 20.5. The van der Waals surface area contributed by atoms with Crippen LogP contribution in [0.4, 0.5) is 0 Å². The predicted molar refractivity (Wildman–Crippen MR) is 130 cm³/mol. The van der Waals surface area contributed by atoms with Crippen molar-refractivity contribution in [2.75, 3.05) is 19.8 Å². The summed E-state index contributed by atoms with van der Waals surface area (Å²) >= 11 is 0. The molecule has 1 aliphatic rings. The third-order valence-corrected chi connectivity index (χ3v) is 5.71. The van der Waals surface area contributed by atoms with E-state index in [1.165, 1.54) is 0 Å². The highest BCUT2D eigenvalue weighted by atomic mass is 16.7. The Labute approximate surface area is 205 Å². The van der Waals surface area contributed by atoms with Crippen molar-refractivity contribution in [2.24, 2.45) is 0 Å². The van der Waals surface area contributed by atoms with Crippen LogP contribution in [0.25, 0.3) is 10.8 Å². The van der Waals surface area contributed by atoms with E-state index in [-0.39, 0.29) is 32.0 Å². The number of carbonyl (C=O) groups is 2. The van der Waals surface area contributed by atoms with Crippen LogP contribution in [-0.4, -0.2) is 55.2 Å². The molecule has 8 heteroatoms. The molecule has 0 radical (unpaired) electrons. The number of ether oxygens (including phenoxy) is 5. The molecule has 3 rings (SSSR count). The number of aliphatic hydroxyl groups is 1. The number of aliphatic hydroxyl groups excluding tert-OH is 1. The van der Waals surface area contributed by atoms with E-state index in [2.05, 4.69) is 20.4 Å². The second-order valence-corrected chi connectivity index (χ2v) is 8.65. The van der Waals surface area contributed by atoms with Gasteiger partial charge in [0.2, 0.25) is 0 Å². The molecule has 0 aliphatic carbocycles. The summed E-state index contributed by atoms with van der Waals surface area (Å²) in [4.78, 5) is 23.7. The van der Waals surface area contributed by atoms with Crippen LogP contribution in [-0.2, 0) is 28.5 Å². The molecule has 2 aromatic rings. The van der Waals surface area contributed by atoms with Crippen LogP contribution >= 0.6 is 0 Å². The first-order valence-corrected chi connectivity index (χ1v) is 11.9. The van der Waals surface area contributed by atoms with E-state index in [0.717, 1.165) is 29.2 Å². The molecule has 1 saturated heterocycles. The molecule has 8 nitrogen and oxygen atoms in total. The second-order valence-electron chi connectivity index (χ2n) is 8.65. The first kappa shape index (κ1) is 26.8. The van der Waals surface area contributed by atoms with E-state index in [0.29, 0.717) is 17.7 Å². The Morgan fingerprint density at radius 3 is 2.60 bits per heavy atom. The second kappa shape index (κ2) is 12.8. The molecule has 4 unspecified atom stereocenters.